The van der Waals surface area contributed by atoms with E-state index in [1.165, 1.54) is 4.31 Å². The average molecular weight is 517 g/mol. The number of aryl methyl sites for hydroxylation is 2. The van der Waals surface area contributed by atoms with Crippen LogP contribution in [0, 0.1) is 0 Å². The molecule has 0 saturated heterocycles. The van der Waals surface area contributed by atoms with Crippen LogP contribution in [0.5, 0.6) is 11.5 Å². The number of anilines is 1. The lowest BCUT2D eigenvalue weighted by Crippen LogP contribution is -2.30. The van der Waals surface area contributed by atoms with Gasteiger partial charge in [-0.1, -0.05) is 13.8 Å². The number of nitrogens with zero attached hydrogens (tertiary/aromatic N) is 3. The number of aromatic nitrogens is 2. The van der Waals surface area contributed by atoms with Crippen LogP contribution >= 0.6 is 0 Å². The minimum atomic E-state index is -3.60. The molecular formula is C24H28N4O7S. The van der Waals surface area contributed by atoms with E-state index >= 15 is 0 Å². The molecule has 36 heavy (non-hydrogen) atoms. The zero-order valence-corrected chi connectivity index (χ0v) is 21.1. The smallest absolute Gasteiger partial charge is 0.306 e. The lowest BCUT2D eigenvalue weighted by atomic mass is 10.3. The second-order valence-corrected chi connectivity index (χ2v) is 10.0. The van der Waals surface area contributed by atoms with Crippen LogP contribution in [0.2, 0.25) is 0 Å². The van der Waals surface area contributed by atoms with Crippen molar-refractivity contribution in [2.24, 2.45) is 7.05 Å². The first kappa shape index (κ1) is 25.5. The van der Waals surface area contributed by atoms with Crippen molar-refractivity contribution in [1.29, 1.82) is 0 Å². The SMILES string of the molecule is CCN(CC)S(=O)(=O)c1ccc2c(c1)nc(CCC(=O)OCC(=O)Nc1ccc3c(c1)OCO3)n2C. The third kappa shape index (κ3) is 5.29. The molecule has 0 bridgehead atoms. The van der Waals surface area contributed by atoms with Crippen LogP contribution in [0.25, 0.3) is 11.0 Å². The largest absolute Gasteiger partial charge is 0.456 e. The lowest BCUT2D eigenvalue weighted by Gasteiger charge is -2.18. The second-order valence-electron chi connectivity index (χ2n) is 8.10. The number of carbonyl (C=O) groups is 2. The maximum atomic E-state index is 12.8. The molecule has 0 radical (unpaired) electrons. The first-order valence-corrected chi connectivity index (χ1v) is 13.0. The molecule has 1 amide bonds. The molecule has 1 aromatic heterocycles. The summed E-state index contributed by atoms with van der Waals surface area (Å²) < 4.78 is 44.4. The number of carbonyl (C=O) groups excluding carboxylic acids is 2. The van der Waals surface area contributed by atoms with Crippen molar-refractivity contribution >= 4 is 38.6 Å². The third-order valence-electron chi connectivity index (χ3n) is 5.86. The molecule has 192 valence electrons. The Bertz CT molecular complexity index is 1400. The number of benzene rings is 2. The second kappa shape index (κ2) is 10.5. The molecule has 1 N–H and O–H groups in total. The van der Waals surface area contributed by atoms with Crippen LogP contribution in [0.3, 0.4) is 0 Å². The van der Waals surface area contributed by atoms with Crippen molar-refractivity contribution < 1.29 is 32.2 Å². The lowest BCUT2D eigenvalue weighted by molar-refractivity contribution is -0.147. The van der Waals surface area contributed by atoms with Gasteiger partial charge >= 0.3 is 5.97 Å². The maximum absolute atomic E-state index is 12.8. The number of hydrogen-bond donors (Lipinski definition) is 1. The Labute approximate surface area is 209 Å². The molecule has 0 aliphatic carbocycles. The minimum Gasteiger partial charge on any atom is -0.456 e. The summed E-state index contributed by atoms with van der Waals surface area (Å²) in [6, 6.07) is 9.80. The number of hydrogen-bond acceptors (Lipinski definition) is 8. The van der Waals surface area contributed by atoms with Gasteiger partial charge in [0.05, 0.1) is 22.3 Å². The molecular weight excluding hydrogens is 488 g/mol. The van der Waals surface area contributed by atoms with Gasteiger partial charge in [0.1, 0.15) is 5.82 Å². The van der Waals surface area contributed by atoms with Gasteiger partial charge in [0.25, 0.3) is 5.91 Å². The number of nitrogens with one attached hydrogen (secondary N) is 1. The predicted molar refractivity (Wildman–Crippen MR) is 131 cm³/mol. The first-order chi connectivity index (χ1) is 17.2. The van der Waals surface area contributed by atoms with Crippen LogP contribution in [0.1, 0.15) is 26.1 Å². The maximum Gasteiger partial charge on any atom is 0.306 e. The predicted octanol–water partition coefficient (Wildman–Crippen LogP) is 2.45. The summed E-state index contributed by atoms with van der Waals surface area (Å²) in [5.41, 5.74) is 1.78. The number of imidazole rings is 1. The highest BCUT2D eigenvalue weighted by Gasteiger charge is 2.23. The standard InChI is InChI=1S/C24H28N4O7S/c1-4-28(5-2)36(31,32)17-7-8-19-18(13-17)26-22(27(19)3)10-11-24(30)33-14-23(29)25-16-6-9-20-21(12-16)35-15-34-20/h6-9,12-13H,4-5,10-11,14-15H2,1-3H3,(H,25,29). The van der Waals surface area contributed by atoms with E-state index in [2.05, 4.69) is 10.3 Å². The van der Waals surface area contributed by atoms with Crippen molar-refractivity contribution in [2.75, 3.05) is 31.8 Å². The van der Waals surface area contributed by atoms with Crippen molar-refractivity contribution in [3.8, 4) is 11.5 Å². The average Bonchev–Trinajstić information content (AvgIpc) is 3.45. The number of sulfonamides is 1. The third-order valence-corrected chi connectivity index (χ3v) is 7.91. The van der Waals surface area contributed by atoms with Gasteiger partial charge in [0.2, 0.25) is 16.8 Å². The van der Waals surface area contributed by atoms with Gasteiger partial charge in [-0.2, -0.15) is 4.31 Å². The van der Waals surface area contributed by atoms with Gasteiger partial charge in [0, 0.05) is 38.3 Å². The highest BCUT2D eigenvalue weighted by molar-refractivity contribution is 7.89. The molecule has 1 aliphatic heterocycles. The molecule has 4 rings (SSSR count). The van der Waals surface area contributed by atoms with Crippen LogP contribution in [0.4, 0.5) is 5.69 Å². The summed E-state index contributed by atoms with van der Waals surface area (Å²) in [5, 5.41) is 2.64. The zero-order chi connectivity index (χ0) is 25.9. The Balaban J connectivity index is 1.33. The van der Waals surface area contributed by atoms with E-state index in [-0.39, 0.29) is 24.5 Å². The van der Waals surface area contributed by atoms with Crippen molar-refractivity contribution in [3.63, 3.8) is 0 Å². The Morgan fingerprint density at radius 1 is 1.11 bits per heavy atom. The highest BCUT2D eigenvalue weighted by atomic mass is 32.2. The Hall–Kier alpha value is -3.64. The summed E-state index contributed by atoms with van der Waals surface area (Å²) in [7, 11) is -1.81. The van der Waals surface area contributed by atoms with Crippen LogP contribution < -0.4 is 14.8 Å². The summed E-state index contributed by atoms with van der Waals surface area (Å²) in [4.78, 5) is 29.1. The zero-order valence-electron chi connectivity index (χ0n) is 20.3. The molecule has 2 heterocycles. The number of fused-ring (bicyclic) bond motifs is 2. The Morgan fingerprint density at radius 2 is 1.86 bits per heavy atom. The van der Waals surface area contributed by atoms with Gasteiger partial charge in [-0.05, 0) is 30.3 Å². The minimum absolute atomic E-state index is 0.0130. The monoisotopic (exact) mass is 516 g/mol. The van der Waals surface area contributed by atoms with E-state index in [0.717, 1.165) is 5.52 Å². The molecule has 0 unspecified atom stereocenters. The van der Waals surface area contributed by atoms with Gasteiger partial charge in [-0.15, -0.1) is 0 Å². The molecule has 0 saturated carbocycles. The molecule has 12 heteroatoms. The van der Waals surface area contributed by atoms with Crippen molar-refractivity contribution in [2.45, 2.75) is 31.6 Å². The van der Waals surface area contributed by atoms with Crippen LogP contribution in [-0.4, -0.2) is 60.6 Å². The van der Waals surface area contributed by atoms with Gasteiger partial charge in [0.15, 0.2) is 18.1 Å². The van der Waals surface area contributed by atoms with E-state index in [1.807, 2.05) is 4.57 Å². The highest BCUT2D eigenvalue weighted by Crippen LogP contribution is 2.34. The molecule has 0 fully saturated rings. The Morgan fingerprint density at radius 3 is 2.61 bits per heavy atom. The number of ether oxygens (including phenoxy) is 3. The molecule has 3 aromatic rings. The molecule has 0 atom stereocenters. The van der Waals surface area contributed by atoms with E-state index in [0.29, 0.717) is 41.6 Å². The fraction of sp³-hybridized carbons (Fsp3) is 0.375. The summed E-state index contributed by atoms with van der Waals surface area (Å²) >= 11 is 0. The quantitative estimate of drug-likeness (QED) is 0.407. The van der Waals surface area contributed by atoms with Gasteiger partial charge in [-0.3, -0.25) is 9.59 Å². The molecule has 0 spiro atoms. The normalized spacial score (nSPS) is 12.8. The van der Waals surface area contributed by atoms with E-state index < -0.39 is 28.5 Å². The van der Waals surface area contributed by atoms with Gasteiger partial charge in [-0.25, -0.2) is 13.4 Å². The molecule has 1 aliphatic rings. The number of rotatable bonds is 10. The van der Waals surface area contributed by atoms with E-state index in [1.54, 1.807) is 57.3 Å². The Kier molecular flexibility index (Phi) is 7.45. The fourth-order valence-corrected chi connectivity index (χ4v) is 5.41. The van der Waals surface area contributed by atoms with E-state index in [9.17, 15) is 18.0 Å². The summed E-state index contributed by atoms with van der Waals surface area (Å²) in [5.74, 6) is 0.705. The topological polar surface area (TPSA) is 129 Å². The number of esters is 1. The van der Waals surface area contributed by atoms with Crippen LogP contribution in [-0.2, 0) is 37.8 Å². The molecule has 2 aromatic carbocycles. The summed E-state index contributed by atoms with van der Waals surface area (Å²) in [6.45, 7) is 4.04. The number of amides is 1. The fourth-order valence-electron chi connectivity index (χ4n) is 3.93. The summed E-state index contributed by atoms with van der Waals surface area (Å²) in [6.07, 6.45) is 0.283. The van der Waals surface area contributed by atoms with Crippen molar-refractivity contribution in [1.82, 2.24) is 13.9 Å². The van der Waals surface area contributed by atoms with Crippen LogP contribution in [0.15, 0.2) is 41.3 Å². The van der Waals surface area contributed by atoms with Gasteiger partial charge < -0.3 is 24.1 Å². The van der Waals surface area contributed by atoms with Crippen molar-refractivity contribution in [3.05, 3.63) is 42.2 Å². The molecule has 11 nitrogen and oxygen atoms in total. The van der Waals surface area contributed by atoms with E-state index in [4.69, 9.17) is 14.2 Å². The first-order valence-electron chi connectivity index (χ1n) is 11.5.